The Bertz CT molecular complexity index is 1160. The van der Waals surface area contributed by atoms with Gasteiger partial charge in [0.25, 0.3) is 15.7 Å². The van der Waals surface area contributed by atoms with E-state index in [0.29, 0.717) is 0 Å². The summed E-state index contributed by atoms with van der Waals surface area (Å²) in [5.74, 6) is -0.834. The van der Waals surface area contributed by atoms with E-state index < -0.39 is 26.6 Å². The van der Waals surface area contributed by atoms with Gasteiger partial charge in [-0.1, -0.05) is 23.7 Å². The normalized spacial score (nSPS) is 11.3. The number of hydrogen-bond acceptors (Lipinski definition) is 8. The van der Waals surface area contributed by atoms with E-state index in [4.69, 9.17) is 21.6 Å². The minimum absolute atomic E-state index is 0.0764. The predicted molar refractivity (Wildman–Crippen MR) is 109 cm³/mol. The van der Waals surface area contributed by atoms with Crippen LogP contribution in [0.25, 0.3) is 0 Å². The zero-order valence-electron chi connectivity index (χ0n) is 15.5. The highest BCUT2D eigenvalue weighted by molar-refractivity contribution is 7.92. The molecule has 30 heavy (non-hydrogen) atoms. The van der Waals surface area contributed by atoms with Crippen LogP contribution in [0.1, 0.15) is 6.92 Å². The average molecular weight is 451 g/mol. The fraction of sp³-hybridized carbons (Fsp3) is 0.111. The van der Waals surface area contributed by atoms with E-state index in [0.717, 1.165) is 24.4 Å². The van der Waals surface area contributed by atoms with Crippen LogP contribution in [0.15, 0.2) is 59.1 Å². The molecule has 0 aliphatic carbocycles. The van der Waals surface area contributed by atoms with E-state index in [9.17, 15) is 23.3 Å². The number of nitriles is 1. The molecule has 0 radical (unpaired) electrons. The van der Waals surface area contributed by atoms with Crippen LogP contribution in [-0.2, 0) is 19.6 Å². The lowest BCUT2D eigenvalue weighted by Crippen LogP contribution is -2.14. The number of benzene rings is 2. The Morgan fingerprint density at radius 1 is 1.30 bits per heavy atom. The number of carbonyl (C=O) groups is 1. The third-order valence-electron chi connectivity index (χ3n) is 3.58. The van der Waals surface area contributed by atoms with E-state index in [1.54, 1.807) is 25.1 Å². The third kappa shape index (κ3) is 5.47. The standard InChI is InChI=1S/C18H15ClN4O6S/c1-2-29-18(24)12(10-20)11-21-15-5-3-4-6-16(15)22-30(27,28)13-7-8-14(19)17(9-13)23(25)26/h3-9,11,21-22H,2H2,1H3/b12-11+. The molecule has 0 saturated carbocycles. The topological polar surface area (TPSA) is 151 Å². The van der Waals surface area contributed by atoms with Crippen molar-refractivity contribution in [1.82, 2.24) is 0 Å². The van der Waals surface area contributed by atoms with Gasteiger partial charge in [-0.3, -0.25) is 14.8 Å². The number of nitrogens with zero attached hydrogens (tertiary/aromatic N) is 2. The summed E-state index contributed by atoms with van der Waals surface area (Å²) in [6.45, 7) is 1.67. The lowest BCUT2D eigenvalue weighted by molar-refractivity contribution is -0.384. The van der Waals surface area contributed by atoms with Crippen molar-refractivity contribution in [3.8, 4) is 6.07 Å². The van der Waals surface area contributed by atoms with Crippen LogP contribution in [0.4, 0.5) is 17.1 Å². The van der Waals surface area contributed by atoms with Crippen molar-refractivity contribution in [2.75, 3.05) is 16.6 Å². The van der Waals surface area contributed by atoms with Crippen molar-refractivity contribution in [2.45, 2.75) is 11.8 Å². The first-order valence-corrected chi connectivity index (χ1v) is 10.2. The Morgan fingerprint density at radius 2 is 1.97 bits per heavy atom. The van der Waals surface area contributed by atoms with E-state index in [1.165, 1.54) is 12.1 Å². The Hall–Kier alpha value is -3.62. The number of rotatable bonds is 8. The number of hydrogen-bond donors (Lipinski definition) is 2. The summed E-state index contributed by atoms with van der Waals surface area (Å²) in [7, 11) is -4.21. The second-order valence-electron chi connectivity index (χ2n) is 5.56. The molecule has 12 heteroatoms. The molecule has 2 aromatic rings. The summed E-state index contributed by atoms with van der Waals surface area (Å²) in [4.78, 5) is 21.5. The van der Waals surface area contributed by atoms with Gasteiger partial charge >= 0.3 is 5.97 Å². The van der Waals surface area contributed by atoms with Gasteiger partial charge in [0.2, 0.25) is 0 Å². The zero-order chi connectivity index (χ0) is 22.3. The smallest absolute Gasteiger partial charge is 0.350 e. The summed E-state index contributed by atoms with van der Waals surface area (Å²) >= 11 is 5.72. The van der Waals surface area contributed by atoms with Crippen LogP contribution < -0.4 is 10.0 Å². The van der Waals surface area contributed by atoms with Gasteiger partial charge in [0.15, 0.2) is 5.57 Å². The molecule has 0 amide bonds. The van der Waals surface area contributed by atoms with E-state index >= 15 is 0 Å². The van der Waals surface area contributed by atoms with Gasteiger partial charge in [0, 0.05) is 12.3 Å². The molecule has 0 spiro atoms. The van der Waals surface area contributed by atoms with Gasteiger partial charge in [-0.2, -0.15) is 5.26 Å². The molecule has 2 N–H and O–H groups in total. The molecule has 10 nitrogen and oxygen atoms in total. The maximum Gasteiger partial charge on any atom is 0.350 e. The van der Waals surface area contributed by atoms with Gasteiger partial charge in [-0.25, -0.2) is 13.2 Å². The summed E-state index contributed by atoms with van der Waals surface area (Å²) < 4.78 is 32.4. The first-order chi connectivity index (χ1) is 14.2. The molecule has 2 rings (SSSR count). The second kappa shape index (κ2) is 9.73. The number of ether oxygens (including phenoxy) is 1. The Labute approximate surface area is 176 Å². The number of sulfonamides is 1. The summed E-state index contributed by atoms with van der Waals surface area (Å²) in [6.07, 6.45) is 1.08. The molecule has 0 saturated heterocycles. The average Bonchev–Trinajstić information content (AvgIpc) is 2.69. The number of nitrogens with one attached hydrogen (secondary N) is 2. The summed E-state index contributed by atoms with van der Waals surface area (Å²) in [6, 6.07) is 10.8. The molecule has 156 valence electrons. The molecule has 0 heterocycles. The van der Waals surface area contributed by atoms with Crippen LogP contribution in [0.3, 0.4) is 0 Å². The van der Waals surface area contributed by atoms with E-state index in [2.05, 4.69) is 10.0 Å². The van der Waals surface area contributed by atoms with Crippen molar-refractivity contribution in [1.29, 1.82) is 5.26 Å². The monoisotopic (exact) mass is 450 g/mol. The molecular formula is C18H15ClN4O6S. The molecule has 0 aromatic heterocycles. The highest BCUT2D eigenvalue weighted by Gasteiger charge is 2.21. The van der Waals surface area contributed by atoms with Crippen LogP contribution in [-0.4, -0.2) is 25.9 Å². The lowest BCUT2D eigenvalue weighted by atomic mass is 10.2. The second-order valence-corrected chi connectivity index (χ2v) is 7.65. The highest BCUT2D eigenvalue weighted by atomic mass is 35.5. The highest BCUT2D eigenvalue weighted by Crippen LogP contribution is 2.29. The molecule has 0 aliphatic rings. The maximum absolute atomic E-state index is 12.7. The summed E-state index contributed by atoms with van der Waals surface area (Å²) in [5, 5.41) is 22.6. The Kier molecular flexibility index (Phi) is 7.35. The van der Waals surface area contributed by atoms with Crippen LogP contribution >= 0.6 is 11.6 Å². The number of halogens is 1. The van der Waals surface area contributed by atoms with Gasteiger partial charge in [0.05, 0.1) is 27.8 Å². The summed E-state index contributed by atoms with van der Waals surface area (Å²) in [5.41, 5.74) is -0.570. The van der Waals surface area contributed by atoms with Crippen LogP contribution in [0.5, 0.6) is 0 Å². The van der Waals surface area contributed by atoms with Crippen molar-refractivity contribution in [3.05, 3.63) is 69.4 Å². The predicted octanol–water partition coefficient (Wildman–Crippen LogP) is 3.43. The molecule has 0 fully saturated rings. The molecule has 0 atom stereocenters. The van der Waals surface area contributed by atoms with Gasteiger partial charge < -0.3 is 10.1 Å². The number of carbonyl (C=O) groups excluding carboxylic acids is 1. The number of nitro benzene ring substituents is 1. The van der Waals surface area contributed by atoms with Crippen molar-refractivity contribution >= 4 is 44.7 Å². The Balaban J connectivity index is 2.34. The SMILES string of the molecule is CCOC(=O)/C(C#N)=C/Nc1ccccc1NS(=O)(=O)c1ccc(Cl)c([N+](=O)[O-])c1. The molecule has 0 bridgehead atoms. The third-order valence-corrected chi connectivity index (χ3v) is 5.27. The first kappa shape index (κ1) is 22.7. The molecule has 0 aliphatic heterocycles. The van der Waals surface area contributed by atoms with E-state index in [-0.39, 0.29) is 33.5 Å². The van der Waals surface area contributed by atoms with Gasteiger partial charge in [-0.15, -0.1) is 0 Å². The van der Waals surface area contributed by atoms with Gasteiger partial charge in [-0.05, 0) is 31.2 Å². The first-order valence-electron chi connectivity index (χ1n) is 8.29. The number of nitro groups is 1. The largest absolute Gasteiger partial charge is 0.462 e. The molecule has 0 unspecified atom stereocenters. The van der Waals surface area contributed by atoms with E-state index in [1.807, 2.05) is 0 Å². The minimum Gasteiger partial charge on any atom is -0.462 e. The molecular weight excluding hydrogens is 436 g/mol. The minimum atomic E-state index is -4.21. The number of esters is 1. The Morgan fingerprint density at radius 3 is 2.57 bits per heavy atom. The maximum atomic E-state index is 12.7. The fourth-order valence-electron chi connectivity index (χ4n) is 2.20. The fourth-order valence-corrected chi connectivity index (χ4v) is 3.48. The quantitative estimate of drug-likeness (QED) is 0.204. The lowest BCUT2D eigenvalue weighted by Gasteiger charge is -2.13. The van der Waals surface area contributed by atoms with Crippen LogP contribution in [0.2, 0.25) is 5.02 Å². The molecule has 2 aromatic carbocycles. The van der Waals surface area contributed by atoms with Crippen molar-refractivity contribution < 1.29 is 22.9 Å². The van der Waals surface area contributed by atoms with Crippen molar-refractivity contribution in [2.24, 2.45) is 0 Å². The number of para-hydroxylation sites is 2. The number of anilines is 2. The van der Waals surface area contributed by atoms with Crippen molar-refractivity contribution in [3.63, 3.8) is 0 Å². The van der Waals surface area contributed by atoms with Crippen LogP contribution in [0, 0.1) is 21.4 Å². The van der Waals surface area contributed by atoms with Gasteiger partial charge in [0.1, 0.15) is 11.1 Å². The zero-order valence-corrected chi connectivity index (χ0v) is 17.0.